The zero-order valence-corrected chi connectivity index (χ0v) is 11.7. The van der Waals surface area contributed by atoms with E-state index in [4.69, 9.17) is 11.6 Å². The number of fused-ring (bicyclic) bond motifs is 1. The summed E-state index contributed by atoms with van der Waals surface area (Å²) in [6.07, 6.45) is 5.97. The fourth-order valence-electron chi connectivity index (χ4n) is 2.86. The van der Waals surface area contributed by atoms with E-state index in [9.17, 15) is 0 Å². The number of nitrogens with zero attached hydrogens (tertiary/aromatic N) is 1. The third kappa shape index (κ3) is 2.38. The van der Waals surface area contributed by atoms with Crippen LogP contribution in [0.4, 0.5) is 0 Å². The molecule has 0 radical (unpaired) electrons. The molecule has 0 spiro atoms. The Morgan fingerprint density at radius 1 is 1.32 bits per heavy atom. The summed E-state index contributed by atoms with van der Waals surface area (Å²) in [6, 6.07) is 8.84. The minimum Gasteiger partial charge on any atom is -0.306 e. The van der Waals surface area contributed by atoms with Crippen LogP contribution in [-0.4, -0.2) is 19.3 Å². The second kappa shape index (κ2) is 5.32. The quantitative estimate of drug-likeness (QED) is 0.833. The van der Waals surface area contributed by atoms with Crippen LogP contribution in [0.15, 0.2) is 52.0 Å². The van der Waals surface area contributed by atoms with E-state index in [2.05, 4.69) is 34.6 Å². The predicted octanol–water partition coefficient (Wildman–Crippen LogP) is 3.40. The molecule has 1 aliphatic heterocycles. The Morgan fingerprint density at radius 2 is 2.16 bits per heavy atom. The molecule has 1 aromatic carbocycles. The minimum absolute atomic E-state index is 0.214. The van der Waals surface area contributed by atoms with Gasteiger partial charge in [0.15, 0.2) is 0 Å². The van der Waals surface area contributed by atoms with Gasteiger partial charge in [0.05, 0.1) is 6.04 Å². The van der Waals surface area contributed by atoms with E-state index in [1.165, 1.54) is 16.7 Å². The maximum absolute atomic E-state index is 6.18. The van der Waals surface area contributed by atoms with Gasteiger partial charge in [0.2, 0.25) is 0 Å². The first-order chi connectivity index (χ1) is 9.29. The van der Waals surface area contributed by atoms with Gasteiger partial charge in [-0.1, -0.05) is 41.9 Å². The highest BCUT2D eigenvalue weighted by Gasteiger charge is 2.26. The molecular weight excluding hydrogens is 256 g/mol. The fraction of sp³-hybridized carbons (Fsp3) is 0.312. The van der Waals surface area contributed by atoms with Crippen LogP contribution in [0.1, 0.15) is 23.6 Å². The highest BCUT2D eigenvalue weighted by atomic mass is 35.5. The third-order valence-electron chi connectivity index (χ3n) is 3.81. The molecule has 2 nitrogen and oxygen atoms in total. The topological polar surface area (TPSA) is 24.4 Å². The second-order valence-electron chi connectivity index (χ2n) is 4.90. The van der Waals surface area contributed by atoms with Crippen molar-refractivity contribution in [1.29, 1.82) is 0 Å². The first-order valence-electron chi connectivity index (χ1n) is 6.64. The molecule has 0 saturated carbocycles. The lowest BCUT2D eigenvalue weighted by Gasteiger charge is -2.30. The van der Waals surface area contributed by atoms with Gasteiger partial charge in [0, 0.05) is 30.8 Å². The van der Waals surface area contributed by atoms with Crippen molar-refractivity contribution in [3.63, 3.8) is 0 Å². The maximum Gasteiger partial charge on any atom is 0.0598 e. The molecule has 1 N–H and O–H groups in total. The number of halogens is 1. The normalized spacial score (nSPS) is 24.7. The first kappa shape index (κ1) is 12.6. The standard InChI is InChI=1S/C16H17ClN2/c1-18-15-7-6-12(17)10-14(15)16-13-5-3-2-4-11(13)8-9-19-16/h2-6,10,16,19H,7-9H2,1H3. The number of hydrogen-bond donors (Lipinski definition) is 1. The van der Waals surface area contributed by atoms with Crippen molar-refractivity contribution in [2.75, 3.05) is 13.6 Å². The number of benzene rings is 1. The largest absolute Gasteiger partial charge is 0.306 e. The van der Waals surface area contributed by atoms with Crippen LogP contribution in [0.2, 0.25) is 0 Å². The van der Waals surface area contributed by atoms with E-state index < -0.39 is 0 Å². The highest BCUT2D eigenvalue weighted by molar-refractivity contribution is 6.32. The van der Waals surface area contributed by atoms with Crippen molar-refractivity contribution in [2.24, 2.45) is 4.99 Å². The van der Waals surface area contributed by atoms with Gasteiger partial charge in [-0.2, -0.15) is 0 Å². The Hall–Kier alpha value is -1.38. The van der Waals surface area contributed by atoms with E-state index in [1.807, 2.05) is 19.2 Å². The minimum atomic E-state index is 0.214. The maximum atomic E-state index is 6.18. The van der Waals surface area contributed by atoms with Crippen LogP contribution in [0.25, 0.3) is 0 Å². The summed E-state index contributed by atoms with van der Waals surface area (Å²) < 4.78 is 0. The SMILES string of the molecule is CN=C1CC=C(Cl)C=C1C1NCCc2ccccc21. The molecule has 1 unspecified atom stereocenters. The number of hydrogen-bond acceptors (Lipinski definition) is 2. The number of aliphatic imine (C=N–C) groups is 1. The molecule has 0 bridgehead atoms. The summed E-state index contributed by atoms with van der Waals surface area (Å²) in [5, 5.41) is 4.41. The van der Waals surface area contributed by atoms with Gasteiger partial charge in [-0.05, 0) is 29.2 Å². The molecule has 98 valence electrons. The van der Waals surface area contributed by atoms with E-state index >= 15 is 0 Å². The molecule has 0 aromatic heterocycles. The molecule has 2 aliphatic rings. The summed E-state index contributed by atoms with van der Waals surface area (Å²) in [5.41, 5.74) is 5.11. The van der Waals surface area contributed by atoms with Crippen LogP contribution in [0, 0.1) is 0 Å². The summed E-state index contributed by atoms with van der Waals surface area (Å²) in [4.78, 5) is 4.42. The number of allylic oxidation sites excluding steroid dienone is 3. The zero-order chi connectivity index (χ0) is 13.2. The van der Waals surface area contributed by atoms with Crippen molar-refractivity contribution >= 4 is 17.3 Å². The second-order valence-corrected chi connectivity index (χ2v) is 5.34. The van der Waals surface area contributed by atoms with Crippen LogP contribution in [0.3, 0.4) is 0 Å². The number of rotatable bonds is 1. The summed E-state index contributed by atoms with van der Waals surface area (Å²) in [5.74, 6) is 0. The van der Waals surface area contributed by atoms with Gasteiger partial charge < -0.3 is 5.32 Å². The van der Waals surface area contributed by atoms with Crippen molar-refractivity contribution in [3.8, 4) is 0 Å². The highest BCUT2D eigenvalue weighted by Crippen LogP contribution is 2.33. The van der Waals surface area contributed by atoms with Crippen LogP contribution in [-0.2, 0) is 6.42 Å². The van der Waals surface area contributed by atoms with Crippen LogP contribution in [0.5, 0.6) is 0 Å². The molecule has 1 heterocycles. The van der Waals surface area contributed by atoms with E-state index in [0.717, 1.165) is 30.1 Å². The molecular formula is C16H17ClN2. The predicted molar refractivity (Wildman–Crippen MR) is 80.9 cm³/mol. The van der Waals surface area contributed by atoms with Gasteiger partial charge in [-0.3, -0.25) is 4.99 Å². The summed E-state index contributed by atoms with van der Waals surface area (Å²) in [6.45, 7) is 0.997. The lowest BCUT2D eigenvalue weighted by Crippen LogP contribution is -2.33. The average molecular weight is 273 g/mol. The lowest BCUT2D eigenvalue weighted by molar-refractivity contribution is 0.570. The van der Waals surface area contributed by atoms with E-state index in [0.29, 0.717) is 0 Å². The van der Waals surface area contributed by atoms with Gasteiger partial charge in [0.1, 0.15) is 0 Å². The van der Waals surface area contributed by atoms with E-state index in [1.54, 1.807) is 0 Å². The van der Waals surface area contributed by atoms with Gasteiger partial charge in [-0.25, -0.2) is 0 Å². The molecule has 0 amide bonds. The smallest absolute Gasteiger partial charge is 0.0598 e. The summed E-state index contributed by atoms with van der Waals surface area (Å²) in [7, 11) is 1.85. The molecule has 1 aromatic rings. The van der Waals surface area contributed by atoms with E-state index in [-0.39, 0.29) is 6.04 Å². The molecule has 3 rings (SSSR count). The fourth-order valence-corrected chi connectivity index (χ4v) is 3.05. The van der Waals surface area contributed by atoms with Crippen molar-refractivity contribution in [3.05, 3.63) is 58.1 Å². The molecule has 0 saturated heterocycles. The van der Waals surface area contributed by atoms with Crippen LogP contribution >= 0.6 is 11.6 Å². The Morgan fingerprint density at radius 3 is 3.00 bits per heavy atom. The average Bonchev–Trinajstić information content (AvgIpc) is 2.46. The van der Waals surface area contributed by atoms with Gasteiger partial charge in [0.25, 0.3) is 0 Å². The van der Waals surface area contributed by atoms with Gasteiger partial charge in [-0.15, -0.1) is 0 Å². The number of nitrogens with one attached hydrogen (secondary N) is 1. The Labute approximate surface area is 118 Å². The zero-order valence-electron chi connectivity index (χ0n) is 11.0. The van der Waals surface area contributed by atoms with Crippen molar-refractivity contribution in [1.82, 2.24) is 5.32 Å². The molecule has 19 heavy (non-hydrogen) atoms. The Bertz CT molecular complexity index is 584. The molecule has 3 heteroatoms. The molecule has 1 aliphatic carbocycles. The van der Waals surface area contributed by atoms with Gasteiger partial charge >= 0.3 is 0 Å². The van der Waals surface area contributed by atoms with Crippen molar-refractivity contribution in [2.45, 2.75) is 18.9 Å². The molecule has 1 atom stereocenters. The monoisotopic (exact) mass is 272 g/mol. The Kier molecular flexibility index (Phi) is 3.54. The molecule has 0 fully saturated rings. The third-order valence-corrected chi connectivity index (χ3v) is 4.07. The summed E-state index contributed by atoms with van der Waals surface area (Å²) >= 11 is 6.18. The van der Waals surface area contributed by atoms with Crippen molar-refractivity contribution < 1.29 is 0 Å². The Balaban J connectivity index is 2.05. The lowest BCUT2D eigenvalue weighted by atomic mass is 9.85. The van der Waals surface area contributed by atoms with Crippen LogP contribution < -0.4 is 5.32 Å². The first-order valence-corrected chi connectivity index (χ1v) is 7.02.